The second-order valence-corrected chi connectivity index (χ2v) is 14.1. The van der Waals surface area contributed by atoms with Crippen molar-refractivity contribution < 1.29 is 0 Å². The molecule has 1 nitrogen and oxygen atoms in total. The predicted molar refractivity (Wildman–Crippen MR) is 113 cm³/mol. The predicted octanol–water partition coefficient (Wildman–Crippen LogP) is 6.46. The lowest BCUT2D eigenvalue weighted by atomic mass is 9.84. The largest absolute Gasteiger partial charge is 0.256 e. The van der Waals surface area contributed by atoms with Gasteiger partial charge in [-0.05, 0) is 47.1 Å². The Morgan fingerprint density at radius 3 is 2.16 bits per heavy atom. The van der Waals surface area contributed by atoms with Crippen LogP contribution >= 0.6 is 0 Å². The Kier molecular flexibility index (Phi) is 5.48. The fourth-order valence-electron chi connectivity index (χ4n) is 4.10. The zero-order valence-corrected chi connectivity index (χ0v) is 17.6. The van der Waals surface area contributed by atoms with Crippen LogP contribution in [0.5, 0.6) is 0 Å². The maximum atomic E-state index is 4.84. The van der Waals surface area contributed by atoms with Crippen LogP contribution in [-0.4, -0.2) is 13.1 Å². The fraction of sp³-hybridized carbons (Fsp3) is 0.522. The topological polar surface area (TPSA) is 12.9 Å². The van der Waals surface area contributed by atoms with Crippen LogP contribution < -0.4 is 5.19 Å². The van der Waals surface area contributed by atoms with E-state index in [1.165, 1.54) is 54.0 Å². The Morgan fingerprint density at radius 2 is 1.60 bits per heavy atom. The number of rotatable bonds is 4. The molecule has 0 atom stereocenters. The summed E-state index contributed by atoms with van der Waals surface area (Å²) in [7, 11) is -1.36. The van der Waals surface area contributed by atoms with Crippen molar-refractivity contribution in [1.82, 2.24) is 4.98 Å². The summed E-state index contributed by atoms with van der Waals surface area (Å²) in [4.78, 5) is 4.84. The first-order valence-corrected chi connectivity index (χ1v) is 13.5. The molecular weight excluding hydrogens is 318 g/mol. The Labute approximate surface area is 154 Å². The first kappa shape index (κ1) is 18.4. The van der Waals surface area contributed by atoms with Gasteiger partial charge in [0, 0.05) is 11.8 Å². The minimum atomic E-state index is -1.36. The normalized spacial score (nSPS) is 16.4. The minimum absolute atomic E-state index is 0.546. The maximum Gasteiger partial charge on any atom is 0.0799 e. The quantitative estimate of drug-likeness (QED) is 0.576. The van der Waals surface area contributed by atoms with Gasteiger partial charge in [0.2, 0.25) is 0 Å². The van der Waals surface area contributed by atoms with Crippen LogP contribution in [0.2, 0.25) is 19.6 Å². The lowest BCUT2D eigenvalue weighted by Crippen LogP contribution is -2.40. The molecule has 1 fully saturated rings. The van der Waals surface area contributed by atoms with Crippen LogP contribution in [0.4, 0.5) is 0 Å². The third-order valence-corrected chi connectivity index (χ3v) is 7.68. The summed E-state index contributed by atoms with van der Waals surface area (Å²) in [6, 6.07) is 11.6. The zero-order chi connectivity index (χ0) is 18.0. The lowest BCUT2D eigenvalue weighted by Gasteiger charge is -2.24. The molecule has 1 aliphatic rings. The summed E-state index contributed by atoms with van der Waals surface area (Å²) in [6.07, 6.45) is 9.08. The number of hydrogen-bond donors (Lipinski definition) is 0. The molecule has 1 heterocycles. The number of pyridine rings is 1. The molecule has 0 bridgehead atoms. The molecule has 0 saturated heterocycles. The Morgan fingerprint density at radius 1 is 0.960 bits per heavy atom. The van der Waals surface area contributed by atoms with Crippen molar-refractivity contribution in [3.8, 4) is 11.3 Å². The van der Waals surface area contributed by atoms with E-state index in [1.54, 1.807) is 0 Å². The van der Waals surface area contributed by atoms with Crippen LogP contribution in [0.15, 0.2) is 36.5 Å². The molecule has 1 aromatic carbocycles. The number of benzene rings is 1. The molecule has 2 heteroatoms. The average molecular weight is 352 g/mol. The molecule has 0 radical (unpaired) electrons. The first-order valence-electron chi connectivity index (χ1n) is 9.97. The van der Waals surface area contributed by atoms with Crippen molar-refractivity contribution in [2.75, 3.05) is 0 Å². The van der Waals surface area contributed by atoms with Crippen molar-refractivity contribution in [2.24, 2.45) is 0 Å². The van der Waals surface area contributed by atoms with Gasteiger partial charge in [-0.25, -0.2) is 0 Å². The van der Waals surface area contributed by atoms with Gasteiger partial charge >= 0.3 is 0 Å². The van der Waals surface area contributed by atoms with Crippen LogP contribution in [-0.2, 0) is 0 Å². The van der Waals surface area contributed by atoms with Crippen molar-refractivity contribution in [2.45, 2.75) is 77.4 Å². The van der Waals surface area contributed by atoms with E-state index < -0.39 is 8.07 Å². The third kappa shape index (κ3) is 4.23. The lowest BCUT2D eigenvalue weighted by molar-refractivity contribution is 0.443. The zero-order valence-electron chi connectivity index (χ0n) is 16.6. The Hall–Kier alpha value is -1.41. The molecule has 1 aromatic heterocycles. The first-order chi connectivity index (χ1) is 11.9. The molecule has 0 spiro atoms. The van der Waals surface area contributed by atoms with E-state index in [2.05, 4.69) is 70.0 Å². The number of nitrogens with zero attached hydrogens (tertiary/aromatic N) is 1. The second kappa shape index (κ2) is 7.45. The van der Waals surface area contributed by atoms with Gasteiger partial charge in [0.15, 0.2) is 0 Å². The highest BCUT2D eigenvalue weighted by molar-refractivity contribution is 6.89. The van der Waals surface area contributed by atoms with Gasteiger partial charge in [-0.2, -0.15) is 0 Å². The van der Waals surface area contributed by atoms with Gasteiger partial charge in [-0.3, -0.25) is 4.98 Å². The molecule has 1 aliphatic carbocycles. The monoisotopic (exact) mass is 351 g/mol. The highest BCUT2D eigenvalue weighted by atomic mass is 28.3. The van der Waals surface area contributed by atoms with Gasteiger partial charge in [0.1, 0.15) is 0 Å². The van der Waals surface area contributed by atoms with Crippen LogP contribution in [0.25, 0.3) is 11.3 Å². The van der Waals surface area contributed by atoms with Crippen molar-refractivity contribution >= 4 is 13.3 Å². The molecule has 25 heavy (non-hydrogen) atoms. The van der Waals surface area contributed by atoms with Crippen molar-refractivity contribution in [1.29, 1.82) is 0 Å². The molecular formula is C23H33NSi. The van der Waals surface area contributed by atoms with E-state index in [4.69, 9.17) is 4.98 Å². The highest BCUT2D eigenvalue weighted by Gasteiger charge is 2.22. The molecule has 2 aromatic rings. The van der Waals surface area contributed by atoms with Crippen molar-refractivity contribution in [3.63, 3.8) is 0 Å². The smallest absolute Gasteiger partial charge is 0.0799 e. The average Bonchev–Trinajstić information content (AvgIpc) is 2.61. The summed E-state index contributed by atoms with van der Waals surface area (Å²) < 4.78 is 0. The van der Waals surface area contributed by atoms with Gasteiger partial charge in [-0.15, -0.1) is 0 Å². The summed E-state index contributed by atoms with van der Waals surface area (Å²) in [5.41, 5.74) is 5.39. The van der Waals surface area contributed by atoms with Gasteiger partial charge in [0.05, 0.1) is 13.8 Å². The molecule has 3 rings (SSSR count). The second-order valence-electron chi connectivity index (χ2n) is 9.02. The summed E-state index contributed by atoms with van der Waals surface area (Å²) in [6.45, 7) is 11.8. The standard InChI is InChI=1S/C23H33NSi/c1-17(2)21-15-22(24-16-23(21)25(3,4)5)20-13-11-19(12-14-20)18-9-7-6-8-10-18/h11-18H,6-10H2,1-5H3. The van der Waals surface area contributed by atoms with Crippen LogP contribution in [0.3, 0.4) is 0 Å². The molecule has 0 N–H and O–H groups in total. The van der Waals surface area contributed by atoms with E-state index in [-0.39, 0.29) is 0 Å². The van der Waals surface area contributed by atoms with Crippen LogP contribution in [0.1, 0.15) is 68.9 Å². The molecule has 0 amide bonds. The van der Waals surface area contributed by atoms with Gasteiger partial charge < -0.3 is 0 Å². The third-order valence-electron chi connectivity index (χ3n) is 5.65. The minimum Gasteiger partial charge on any atom is -0.256 e. The van der Waals surface area contributed by atoms with Gasteiger partial charge in [-0.1, -0.05) is 77.0 Å². The van der Waals surface area contributed by atoms with Crippen LogP contribution in [0, 0.1) is 0 Å². The SMILES string of the molecule is CC(C)c1cc(-c2ccc(C3CCCCC3)cc2)ncc1[Si](C)(C)C. The van der Waals surface area contributed by atoms with E-state index in [0.29, 0.717) is 5.92 Å². The molecule has 0 unspecified atom stereocenters. The molecule has 134 valence electrons. The summed E-state index contributed by atoms with van der Waals surface area (Å²) >= 11 is 0. The van der Waals surface area contributed by atoms with Crippen molar-refractivity contribution in [3.05, 3.63) is 47.7 Å². The Balaban J connectivity index is 1.90. The van der Waals surface area contributed by atoms with E-state index >= 15 is 0 Å². The van der Waals surface area contributed by atoms with Gasteiger partial charge in [0.25, 0.3) is 0 Å². The number of hydrogen-bond acceptors (Lipinski definition) is 1. The maximum absolute atomic E-state index is 4.84. The highest BCUT2D eigenvalue weighted by Crippen LogP contribution is 2.33. The summed E-state index contributed by atoms with van der Waals surface area (Å²) in [5.74, 6) is 1.32. The summed E-state index contributed by atoms with van der Waals surface area (Å²) in [5, 5.41) is 1.50. The fourth-order valence-corrected chi connectivity index (χ4v) is 5.77. The van der Waals surface area contributed by atoms with E-state index in [9.17, 15) is 0 Å². The molecule has 0 aliphatic heterocycles. The van der Waals surface area contributed by atoms with E-state index in [0.717, 1.165) is 11.6 Å². The molecule has 1 saturated carbocycles. The van der Waals surface area contributed by atoms with E-state index in [1.807, 2.05) is 0 Å². The Bertz CT molecular complexity index is 704. The number of aromatic nitrogens is 1.